The summed E-state index contributed by atoms with van der Waals surface area (Å²) >= 11 is 6.40. The number of nitrogens with zero attached hydrogens (tertiary/aromatic N) is 12. The molecule has 0 bridgehead atoms. The number of hydrogen-bond donors (Lipinski definition) is 2. The highest BCUT2D eigenvalue weighted by Crippen LogP contribution is 2.62. The molecule has 0 amide bonds. The van der Waals surface area contributed by atoms with E-state index in [2.05, 4.69) is 132 Å². The zero-order valence-electron chi connectivity index (χ0n) is 79.7. The lowest BCUT2D eigenvalue weighted by Crippen LogP contribution is -2.56. The minimum absolute atomic E-state index is 0. The number of hydrogen-bond acceptors (Lipinski definition) is 23. The third kappa shape index (κ3) is 17.7. The second-order valence-electron chi connectivity index (χ2n) is 42.3. The van der Waals surface area contributed by atoms with Crippen molar-refractivity contribution in [3.8, 4) is 0 Å². The van der Waals surface area contributed by atoms with Gasteiger partial charge in [0.1, 0.15) is 51.6 Å². The summed E-state index contributed by atoms with van der Waals surface area (Å²) in [4.78, 5) is 90.8. The van der Waals surface area contributed by atoms with E-state index < -0.39 is 5.79 Å². The van der Waals surface area contributed by atoms with Gasteiger partial charge in [0.25, 0.3) is 5.56 Å². The molecular formula is C108H162ClN13O11. The average molecular weight is 1850 g/mol. The van der Waals surface area contributed by atoms with E-state index in [9.17, 15) is 19.5 Å². The van der Waals surface area contributed by atoms with Gasteiger partial charge in [0.15, 0.2) is 23.1 Å². The number of rotatable bonds is 0. The largest absolute Gasteiger partial charge is 0.515 e. The Labute approximate surface area is 799 Å². The summed E-state index contributed by atoms with van der Waals surface area (Å²) in [6, 6.07) is 0. The summed E-state index contributed by atoms with van der Waals surface area (Å²) in [5.41, 5.74) is 20.9. The van der Waals surface area contributed by atoms with Crippen LogP contribution in [0, 0.1) is 134 Å². The Morgan fingerprint density at radius 2 is 0.684 bits per heavy atom. The number of aliphatic hydroxyl groups excluding tert-OH is 1. The molecule has 10 heterocycles. The molecule has 732 valence electrons. The Kier molecular flexibility index (Phi) is 31.3. The number of fused-ring (bicyclic) bond motifs is 19. The Morgan fingerprint density at radius 3 is 1.08 bits per heavy atom. The molecule has 0 unspecified atom stereocenters. The van der Waals surface area contributed by atoms with Gasteiger partial charge in [0.05, 0.1) is 86.3 Å². The number of aryl methyl sites for hydroxylation is 10. The quantitative estimate of drug-likeness (QED) is 0.0809. The highest BCUT2D eigenvalue weighted by atomic mass is 35.5. The number of carbonyl (C=O) groups is 2. The van der Waals surface area contributed by atoms with Gasteiger partial charge in [0.2, 0.25) is 0 Å². The van der Waals surface area contributed by atoms with Gasteiger partial charge in [-0.25, -0.2) is 54.8 Å². The average Bonchev–Trinajstić information content (AvgIpc) is 1.70. The first-order chi connectivity index (χ1) is 60.2. The van der Waals surface area contributed by atoms with Crippen molar-refractivity contribution in [3.05, 3.63) is 170 Å². The maximum absolute atomic E-state index is 12.3. The second-order valence-corrected chi connectivity index (χ2v) is 42.6. The van der Waals surface area contributed by atoms with Crippen molar-refractivity contribution in [2.75, 3.05) is 39.6 Å². The molecule has 7 aromatic rings. The molecule has 0 aromatic carbocycles. The molecule has 22 rings (SSSR count). The van der Waals surface area contributed by atoms with Gasteiger partial charge < -0.3 is 43.0 Å². The van der Waals surface area contributed by atoms with E-state index in [0.717, 1.165) is 223 Å². The van der Waals surface area contributed by atoms with Gasteiger partial charge >= 0.3 is 0 Å². The highest BCUT2D eigenvalue weighted by molar-refractivity contribution is 6.30. The van der Waals surface area contributed by atoms with E-state index in [-0.39, 0.29) is 118 Å². The van der Waals surface area contributed by atoms with Crippen LogP contribution in [-0.2, 0) is 115 Å². The van der Waals surface area contributed by atoms with Crippen LogP contribution < -0.4 is 5.56 Å². The van der Waals surface area contributed by atoms with Crippen molar-refractivity contribution in [2.45, 2.75) is 394 Å². The first kappa shape index (κ1) is 106. The van der Waals surface area contributed by atoms with Crippen molar-refractivity contribution in [2.24, 2.45) is 65.1 Å². The fourth-order valence-corrected chi connectivity index (χ4v) is 28.9. The summed E-state index contributed by atoms with van der Waals surface area (Å²) in [5, 5.41) is 14.1. The first-order valence-corrected chi connectivity index (χ1v) is 48.3. The predicted molar refractivity (Wildman–Crippen MR) is 523 cm³/mol. The van der Waals surface area contributed by atoms with Crippen molar-refractivity contribution >= 4 is 23.2 Å². The van der Waals surface area contributed by atoms with E-state index in [1.54, 1.807) is 0 Å². The number of halogens is 1. The number of Topliss-reactive ketones (excluding diaryl/α,β-unsaturated/α-hetero) is 2. The third-order valence-electron chi connectivity index (χ3n) is 35.4. The van der Waals surface area contributed by atoms with Crippen LogP contribution in [0.4, 0.5) is 0 Å². The van der Waals surface area contributed by atoms with Crippen molar-refractivity contribution in [1.29, 1.82) is 0 Å². The monoisotopic (exact) mass is 1850 g/mol. The Hall–Kier alpha value is -7.58. The minimum Gasteiger partial charge on any atom is -0.515 e. The van der Waals surface area contributed by atoms with E-state index >= 15 is 0 Å². The summed E-state index contributed by atoms with van der Waals surface area (Å²) in [6.07, 6.45) is 24.4. The van der Waals surface area contributed by atoms with Crippen LogP contribution in [0.25, 0.3) is 0 Å². The molecule has 8 fully saturated rings. The predicted octanol–water partition coefficient (Wildman–Crippen LogP) is 21.5. The molecule has 25 heteroatoms. The minimum atomic E-state index is -0.405. The lowest BCUT2D eigenvalue weighted by atomic mass is 9.55. The molecule has 7 aromatic heterocycles. The van der Waals surface area contributed by atoms with Crippen LogP contribution >= 0.6 is 11.6 Å². The molecule has 3 aliphatic heterocycles. The van der Waals surface area contributed by atoms with Crippen molar-refractivity contribution in [3.63, 3.8) is 0 Å². The molecule has 24 nitrogen and oxygen atoms in total. The van der Waals surface area contributed by atoms with Crippen molar-refractivity contribution < 1.29 is 47.6 Å². The number of aromatic nitrogens is 13. The zero-order valence-corrected chi connectivity index (χ0v) is 80.4. The molecule has 3 spiro atoms. The van der Waals surface area contributed by atoms with Crippen LogP contribution in [0.5, 0.6) is 0 Å². The summed E-state index contributed by atoms with van der Waals surface area (Å²) in [6.45, 7) is 51.5. The molecule has 2 N–H and O–H groups in total. The number of carbonyl (C=O) groups excluding carboxylic acids is 2. The van der Waals surface area contributed by atoms with Crippen LogP contribution in [0.2, 0.25) is 5.15 Å². The van der Waals surface area contributed by atoms with Gasteiger partial charge in [-0.2, -0.15) is 0 Å². The number of aromatic amines is 1. The smallest absolute Gasteiger partial charge is 0.254 e. The standard InChI is InChI=1S/C18H26N2O2.C17H23ClN2O2.C17H21N3O.C17H24N2O3.C17H22N2O2.C16H22N2O.6CH4/c1-11-15-6-5-14-12(2)19-13(3)20-16(14)17(15,4)7-8-18(11)21-9-10-22-18;1-10-13-5-4-12-14(19-11(2)20-15(12)18)16(13,3)6-7-17(10)21-8-9-22-17;1-9-14-6-5-13-10(2)19-11(3)20-16(13)17(14,4)7-12-8-18-21-15(9)12;1-10-13-5-4-12-14(18-11(2)19-15(12)20)16(13,3)6-7-17(10)21-8-9-22-17;1-9-14-6-5-13-10(2)18-11(3)19-16(13)17(14,4)7-12(8-20)15(9)21;1-9-13-6-5-12-10(2)17-11(3)18-15(12)16(13,4)8-7-14(9)19;;;;;;/h11,15H,5-10H2,1-4H3;10,13H,4-9H2,1-3H3;8-9,14H,5-7H2,1-4H3;10,13H,4-9H2,1-3H3,(H,18,19,20);8-9,14,20H,5-7H2,1-4H3;9,13H,5-8H2,1-4H3;6*1H4/b;;;;12-8-;;;;;;;/t11-,15-,17-;10-,13-,16-;9-,14-,17-;10-,13-,16-;9-,14-,17-;9-,13-,16-;;;;;;/m000000....../s1. The number of allylic oxidation sites excluding steroid dienone is 1. The van der Waals surface area contributed by atoms with Gasteiger partial charge in [0, 0.05) is 139 Å². The SMILES string of the molecule is C.C.C.C.C.C.Cc1nc(C)c2c(n1)[C@@]1(C)C/C(=C/O)C(=O)[C@@H](C)[C@@H]1CC2.Cc1nc(C)c2c(n1)[C@@]1(C)CCC(=O)[C@@H](C)[C@@H]1CC2.Cc1nc(C)c2c(n1)[C@@]1(C)CCC3(OCCO3)[C@@H](C)[C@@H]1CC2.Cc1nc(C)c2c(n1)[C@@]1(C)Cc3cnoc3[C@@H](C)[C@@H]1CC2.Cc1nc(Cl)c2c(n1)[C@@]1(C)CCC3(OCCO3)[C@@H](C)[C@@H]1CC2.Cc1nc2c(c(=O)[nH]1)CC[C@H]1[C@H](C)C3(CC[C@]21C)OCCO3. The molecule has 18 atom stereocenters. The third-order valence-corrected chi connectivity index (χ3v) is 35.7. The van der Waals surface area contributed by atoms with Crippen LogP contribution in [0.3, 0.4) is 0 Å². The van der Waals surface area contributed by atoms with Gasteiger partial charge in [-0.05, 0) is 243 Å². The van der Waals surface area contributed by atoms with Gasteiger partial charge in [-0.15, -0.1) is 0 Å². The Balaban J connectivity index is 0.000000152. The normalized spacial score (nSPS) is 32.9. The van der Waals surface area contributed by atoms with E-state index in [1.165, 1.54) is 69.1 Å². The molecular weight excluding hydrogens is 1690 g/mol. The van der Waals surface area contributed by atoms with Gasteiger partial charge in [-0.1, -0.05) is 144 Å². The summed E-state index contributed by atoms with van der Waals surface area (Å²) < 4.78 is 41.8. The van der Waals surface area contributed by atoms with Crippen LogP contribution in [0.1, 0.15) is 366 Å². The molecule has 5 saturated carbocycles. The lowest BCUT2D eigenvalue weighted by Gasteiger charge is -2.54. The molecule has 15 aliphatic rings. The highest BCUT2D eigenvalue weighted by Gasteiger charge is 2.63. The van der Waals surface area contributed by atoms with Crippen LogP contribution in [0.15, 0.2) is 27.3 Å². The number of ketones is 2. The fourth-order valence-electron chi connectivity index (χ4n) is 28.6. The maximum atomic E-state index is 12.3. The van der Waals surface area contributed by atoms with E-state index in [1.807, 2.05) is 61.6 Å². The number of ether oxygens (including phenoxy) is 6. The first-order valence-electron chi connectivity index (χ1n) is 47.9. The van der Waals surface area contributed by atoms with E-state index in [4.69, 9.17) is 74.4 Å². The fraction of sp³-hybridized carbons (Fsp3) is 0.713. The molecule has 133 heavy (non-hydrogen) atoms. The van der Waals surface area contributed by atoms with Crippen LogP contribution in [-0.4, -0.2) is 139 Å². The summed E-state index contributed by atoms with van der Waals surface area (Å²) in [5.74, 6) is 9.90. The Bertz CT molecular complexity index is 5430. The molecule has 3 saturated heterocycles. The topological polar surface area (TPSA) is 310 Å². The lowest BCUT2D eigenvalue weighted by molar-refractivity contribution is -0.235. The van der Waals surface area contributed by atoms with Gasteiger partial charge in [-0.3, -0.25) is 14.4 Å². The van der Waals surface area contributed by atoms with Crippen molar-refractivity contribution in [1.82, 2.24) is 65.0 Å². The summed E-state index contributed by atoms with van der Waals surface area (Å²) in [7, 11) is 0. The maximum Gasteiger partial charge on any atom is 0.254 e. The molecule has 12 aliphatic carbocycles. The van der Waals surface area contributed by atoms with E-state index in [0.29, 0.717) is 102 Å². The number of aliphatic hydroxyl groups is 1. The zero-order chi connectivity index (χ0) is 90.5. The Morgan fingerprint density at radius 1 is 0.368 bits per heavy atom. The molecule has 0 radical (unpaired) electrons. The number of nitrogens with one attached hydrogen (secondary N) is 1. The number of H-pyrrole nitrogens is 1. The second kappa shape index (κ2) is 39.4.